The Kier molecular flexibility index (Phi) is 6.61. The van der Waals surface area contributed by atoms with Gasteiger partial charge in [-0.2, -0.15) is 0 Å². The number of carbonyl (C=O) groups is 1. The van der Waals surface area contributed by atoms with Gasteiger partial charge in [0.05, 0.1) is 5.56 Å². The average molecular weight is 352 g/mol. The molecule has 0 bridgehead atoms. The average Bonchev–Trinajstić information content (AvgIpc) is 2.70. The van der Waals surface area contributed by atoms with E-state index in [9.17, 15) is 4.79 Å². The first kappa shape index (κ1) is 18.4. The molecule has 1 aromatic heterocycles. The third kappa shape index (κ3) is 5.05. The van der Waals surface area contributed by atoms with Crippen LogP contribution in [0.3, 0.4) is 0 Å². The Hall–Kier alpha value is -2.40. The lowest BCUT2D eigenvalue weighted by Gasteiger charge is -2.35. The molecule has 1 fully saturated rings. The van der Waals surface area contributed by atoms with Gasteiger partial charge in [0.1, 0.15) is 5.82 Å². The van der Waals surface area contributed by atoms with Crippen LogP contribution in [0.15, 0.2) is 48.7 Å². The molecule has 5 heteroatoms. The Labute approximate surface area is 156 Å². The number of hydrogen-bond acceptors (Lipinski definition) is 4. The SMILES string of the molecule is CCCCNC(=O)c1ccc(N2CCN(Cc3ccccc3)CC2)nc1. The first-order valence-electron chi connectivity index (χ1n) is 9.51. The molecule has 0 saturated carbocycles. The molecule has 1 aliphatic heterocycles. The number of carbonyl (C=O) groups excluding carboxylic acids is 1. The predicted molar refractivity (Wildman–Crippen MR) is 105 cm³/mol. The minimum atomic E-state index is -0.0369. The third-order valence-electron chi connectivity index (χ3n) is 4.77. The van der Waals surface area contributed by atoms with E-state index < -0.39 is 0 Å². The maximum atomic E-state index is 12.1. The second-order valence-electron chi connectivity index (χ2n) is 6.76. The van der Waals surface area contributed by atoms with Gasteiger partial charge in [0.25, 0.3) is 5.91 Å². The highest BCUT2D eigenvalue weighted by atomic mass is 16.1. The minimum absolute atomic E-state index is 0.0369. The van der Waals surface area contributed by atoms with Crippen molar-refractivity contribution in [2.75, 3.05) is 37.6 Å². The van der Waals surface area contributed by atoms with Crippen LogP contribution in [0.25, 0.3) is 0 Å². The fourth-order valence-corrected chi connectivity index (χ4v) is 3.16. The van der Waals surface area contributed by atoms with Gasteiger partial charge in [0, 0.05) is 45.5 Å². The number of unbranched alkanes of at least 4 members (excludes halogenated alkanes) is 1. The van der Waals surface area contributed by atoms with Crippen molar-refractivity contribution in [3.63, 3.8) is 0 Å². The molecule has 1 amide bonds. The smallest absolute Gasteiger partial charge is 0.252 e. The summed E-state index contributed by atoms with van der Waals surface area (Å²) >= 11 is 0. The maximum absolute atomic E-state index is 12.1. The quantitative estimate of drug-likeness (QED) is 0.779. The number of pyridine rings is 1. The van der Waals surface area contributed by atoms with Crippen molar-refractivity contribution in [1.82, 2.24) is 15.2 Å². The monoisotopic (exact) mass is 352 g/mol. The molecule has 0 radical (unpaired) electrons. The zero-order valence-electron chi connectivity index (χ0n) is 15.5. The Morgan fingerprint density at radius 2 is 1.85 bits per heavy atom. The lowest BCUT2D eigenvalue weighted by Crippen LogP contribution is -2.46. The summed E-state index contributed by atoms with van der Waals surface area (Å²) < 4.78 is 0. The molecule has 0 unspecified atom stereocenters. The predicted octanol–water partition coefficient (Wildman–Crippen LogP) is 2.93. The highest BCUT2D eigenvalue weighted by Crippen LogP contribution is 2.15. The van der Waals surface area contributed by atoms with E-state index >= 15 is 0 Å². The fourth-order valence-electron chi connectivity index (χ4n) is 3.16. The van der Waals surface area contributed by atoms with E-state index in [-0.39, 0.29) is 5.91 Å². The van der Waals surface area contributed by atoms with Crippen LogP contribution < -0.4 is 10.2 Å². The van der Waals surface area contributed by atoms with Crippen LogP contribution in [0.4, 0.5) is 5.82 Å². The van der Waals surface area contributed by atoms with Gasteiger partial charge in [-0.3, -0.25) is 9.69 Å². The van der Waals surface area contributed by atoms with Crippen LogP contribution in [0.5, 0.6) is 0 Å². The first-order valence-corrected chi connectivity index (χ1v) is 9.51. The molecule has 138 valence electrons. The molecule has 2 heterocycles. The van der Waals surface area contributed by atoms with Crippen molar-refractivity contribution in [2.24, 2.45) is 0 Å². The summed E-state index contributed by atoms with van der Waals surface area (Å²) in [5.74, 6) is 0.916. The van der Waals surface area contributed by atoms with Crippen molar-refractivity contribution in [3.8, 4) is 0 Å². The molecule has 0 spiro atoms. The lowest BCUT2D eigenvalue weighted by atomic mass is 10.2. The molecule has 5 nitrogen and oxygen atoms in total. The van der Waals surface area contributed by atoms with Crippen LogP contribution in [-0.4, -0.2) is 48.5 Å². The number of rotatable bonds is 7. The zero-order chi connectivity index (χ0) is 18.2. The van der Waals surface area contributed by atoms with Crippen molar-refractivity contribution in [2.45, 2.75) is 26.3 Å². The summed E-state index contributed by atoms with van der Waals surface area (Å²) in [7, 11) is 0. The Morgan fingerprint density at radius 1 is 1.08 bits per heavy atom. The van der Waals surface area contributed by atoms with Crippen LogP contribution in [0, 0.1) is 0 Å². The first-order chi connectivity index (χ1) is 12.8. The summed E-state index contributed by atoms with van der Waals surface area (Å²) in [5.41, 5.74) is 1.99. The molecule has 0 aliphatic carbocycles. The number of hydrogen-bond donors (Lipinski definition) is 1. The topological polar surface area (TPSA) is 48.5 Å². The summed E-state index contributed by atoms with van der Waals surface area (Å²) in [5, 5.41) is 2.93. The largest absolute Gasteiger partial charge is 0.354 e. The summed E-state index contributed by atoms with van der Waals surface area (Å²) in [6, 6.07) is 14.4. The van der Waals surface area contributed by atoms with E-state index in [2.05, 4.69) is 57.4 Å². The van der Waals surface area contributed by atoms with Gasteiger partial charge in [-0.15, -0.1) is 0 Å². The van der Waals surface area contributed by atoms with Gasteiger partial charge in [0.15, 0.2) is 0 Å². The normalized spacial score (nSPS) is 15.0. The van der Waals surface area contributed by atoms with Crippen molar-refractivity contribution < 1.29 is 4.79 Å². The number of aromatic nitrogens is 1. The number of nitrogens with one attached hydrogen (secondary N) is 1. The van der Waals surface area contributed by atoms with Gasteiger partial charge < -0.3 is 10.2 Å². The molecule has 1 aliphatic rings. The van der Waals surface area contributed by atoms with Gasteiger partial charge in [-0.1, -0.05) is 43.7 Å². The Bertz CT molecular complexity index is 679. The van der Waals surface area contributed by atoms with Crippen molar-refractivity contribution in [3.05, 3.63) is 59.8 Å². The van der Waals surface area contributed by atoms with Crippen molar-refractivity contribution in [1.29, 1.82) is 0 Å². The third-order valence-corrected chi connectivity index (χ3v) is 4.77. The summed E-state index contributed by atoms with van der Waals surface area (Å²) in [4.78, 5) is 21.3. The van der Waals surface area contributed by atoms with E-state index in [1.165, 1.54) is 5.56 Å². The second kappa shape index (κ2) is 9.34. The van der Waals surface area contributed by atoms with Crippen LogP contribution in [-0.2, 0) is 6.54 Å². The fraction of sp³-hybridized carbons (Fsp3) is 0.429. The maximum Gasteiger partial charge on any atom is 0.252 e. The van der Waals surface area contributed by atoms with E-state index in [0.717, 1.165) is 57.9 Å². The summed E-state index contributed by atoms with van der Waals surface area (Å²) in [6.07, 6.45) is 3.77. The highest BCUT2D eigenvalue weighted by molar-refractivity contribution is 5.94. The number of piperazine rings is 1. The molecule has 0 atom stereocenters. The molecule has 1 N–H and O–H groups in total. The van der Waals surface area contributed by atoms with Gasteiger partial charge in [-0.05, 0) is 24.1 Å². The van der Waals surface area contributed by atoms with E-state index in [1.54, 1.807) is 6.20 Å². The van der Waals surface area contributed by atoms with E-state index in [0.29, 0.717) is 5.56 Å². The molecule has 3 rings (SSSR count). The molecule has 26 heavy (non-hydrogen) atoms. The van der Waals surface area contributed by atoms with E-state index in [4.69, 9.17) is 0 Å². The second-order valence-corrected chi connectivity index (χ2v) is 6.76. The number of amides is 1. The minimum Gasteiger partial charge on any atom is -0.354 e. The molecular weight excluding hydrogens is 324 g/mol. The summed E-state index contributed by atoms with van der Waals surface area (Å²) in [6.45, 7) is 7.80. The van der Waals surface area contributed by atoms with Crippen molar-refractivity contribution >= 4 is 11.7 Å². The Balaban J connectivity index is 1.49. The number of benzene rings is 1. The molecular formula is C21H28N4O. The van der Waals surface area contributed by atoms with Crippen LogP contribution in [0.2, 0.25) is 0 Å². The van der Waals surface area contributed by atoms with E-state index in [1.807, 2.05) is 12.1 Å². The molecule has 2 aromatic rings. The Morgan fingerprint density at radius 3 is 2.50 bits per heavy atom. The molecule has 1 aromatic carbocycles. The van der Waals surface area contributed by atoms with Crippen LogP contribution >= 0.6 is 0 Å². The van der Waals surface area contributed by atoms with Gasteiger partial charge in [-0.25, -0.2) is 4.98 Å². The standard InChI is InChI=1S/C21H28N4O/c1-2-3-11-22-21(26)19-9-10-20(23-16-19)25-14-12-24(13-15-25)17-18-7-5-4-6-8-18/h4-10,16H,2-3,11-15,17H2,1H3,(H,22,26). The number of nitrogens with zero attached hydrogens (tertiary/aromatic N) is 3. The zero-order valence-corrected chi connectivity index (χ0v) is 15.5. The lowest BCUT2D eigenvalue weighted by molar-refractivity contribution is 0.0953. The molecule has 1 saturated heterocycles. The van der Waals surface area contributed by atoms with Gasteiger partial charge >= 0.3 is 0 Å². The highest BCUT2D eigenvalue weighted by Gasteiger charge is 2.18. The van der Waals surface area contributed by atoms with Gasteiger partial charge in [0.2, 0.25) is 0 Å². The van der Waals surface area contributed by atoms with Crippen LogP contribution in [0.1, 0.15) is 35.7 Å². The number of anilines is 1.